The molecule has 0 unspecified atom stereocenters. The third-order valence-electron chi connectivity index (χ3n) is 6.50. The summed E-state index contributed by atoms with van der Waals surface area (Å²) in [6.07, 6.45) is -0.247. The van der Waals surface area contributed by atoms with Crippen LogP contribution in [0.3, 0.4) is 0 Å². The number of likely N-dealkylation sites (tertiary alicyclic amines) is 1. The lowest BCUT2D eigenvalue weighted by atomic mass is 9.82. The number of carbonyl (C=O) groups excluding carboxylic acids is 2. The number of β-amino-alcohol motifs (C(OH)–C–C–N with tert-alkyl or cyclic N) is 1. The first kappa shape index (κ1) is 19.4. The van der Waals surface area contributed by atoms with Crippen molar-refractivity contribution in [3.05, 3.63) is 71.5 Å². The predicted molar refractivity (Wildman–Crippen MR) is 108 cm³/mol. The maximum atomic E-state index is 13.5. The van der Waals surface area contributed by atoms with E-state index in [-0.39, 0.29) is 24.2 Å². The Morgan fingerprint density at radius 1 is 0.967 bits per heavy atom. The molecule has 0 radical (unpaired) electrons. The molecule has 156 valence electrons. The molecular formula is C23H24FN3O3. The SMILES string of the molecule is O=C1[C@@H]2C[C@@H](O)CN2C2(CN(Cc3ccc(F)cc3)C2)C(=O)N1Cc1ccccc1. The maximum absolute atomic E-state index is 13.5. The van der Waals surface area contributed by atoms with Gasteiger partial charge >= 0.3 is 0 Å². The number of nitrogens with zero attached hydrogens (tertiary/aromatic N) is 3. The summed E-state index contributed by atoms with van der Waals surface area (Å²) in [4.78, 5) is 32.1. The van der Waals surface area contributed by atoms with E-state index in [9.17, 15) is 19.1 Å². The van der Waals surface area contributed by atoms with E-state index in [1.54, 1.807) is 12.1 Å². The summed E-state index contributed by atoms with van der Waals surface area (Å²) in [5.41, 5.74) is 1.10. The molecule has 1 spiro atoms. The number of fused-ring (bicyclic) bond motifs is 2. The molecule has 3 saturated heterocycles. The standard InChI is InChI=1S/C23H24FN3O3/c24-18-8-6-17(7-9-18)11-25-14-23(15-25)22(30)26(12-16-4-2-1-3-5-16)21(29)20-10-19(28)13-27(20)23/h1-9,19-20,28H,10-15H2/t19-,20+/m1/s1. The Kier molecular flexibility index (Phi) is 4.69. The fourth-order valence-electron chi connectivity index (χ4n) is 5.06. The number of imide groups is 1. The summed E-state index contributed by atoms with van der Waals surface area (Å²) in [5.74, 6) is -0.676. The molecule has 6 nitrogen and oxygen atoms in total. The topological polar surface area (TPSA) is 64.1 Å². The molecule has 3 heterocycles. The van der Waals surface area contributed by atoms with Crippen LogP contribution in [-0.4, -0.2) is 68.9 Å². The Bertz CT molecular complexity index is 959. The molecule has 0 bridgehead atoms. The second-order valence-corrected chi connectivity index (χ2v) is 8.58. The summed E-state index contributed by atoms with van der Waals surface area (Å²) in [6, 6.07) is 15.4. The van der Waals surface area contributed by atoms with Crippen LogP contribution < -0.4 is 0 Å². The molecule has 3 aliphatic rings. The zero-order chi connectivity index (χ0) is 20.9. The molecule has 1 N–H and O–H groups in total. The van der Waals surface area contributed by atoms with Gasteiger partial charge in [-0.25, -0.2) is 4.39 Å². The minimum Gasteiger partial charge on any atom is -0.392 e. The Morgan fingerprint density at radius 2 is 1.63 bits per heavy atom. The molecule has 2 aromatic rings. The number of carbonyl (C=O) groups is 2. The summed E-state index contributed by atoms with van der Waals surface area (Å²) >= 11 is 0. The van der Waals surface area contributed by atoms with E-state index in [2.05, 4.69) is 4.90 Å². The maximum Gasteiger partial charge on any atom is 0.252 e. The van der Waals surface area contributed by atoms with E-state index in [0.717, 1.165) is 11.1 Å². The molecule has 3 aliphatic heterocycles. The number of halogens is 1. The summed E-state index contributed by atoms with van der Waals surface area (Å²) < 4.78 is 13.2. The number of hydrogen-bond donors (Lipinski definition) is 1. The molecule has 5 rings (SSSR count). The van der Waals surface area contributed by atoms with Crippen molar-refractivity contribution in [2.24, 2.45) is 0 Å². The number of amides is 2. The van der Waals surface area contributed by atoms with Crippen LogP contribution in [0.25, 0.3) is 0 Å². The molecule has 3 fully saturated rings. The van der Waals surface area contributed by atoms with Crippen LogP contribution in [-0.2, 0) is 22.7 Å². The van der Waals surface area contributed by atoms with Gasteiger partial charge in [0.1, 0.15) is 11.4 Å². The van der Waals surface area contributed by atoms with Crippen molar-refractivity contribution in [2.75, 3.05) is 19.6 Å². The minimum absolute atomic E-state index is 0.183. The molecular weight excluding hydrogens is 385 g/mol. The summed E-state index contributed by atoms with van der Waals surface area (Å²) in [6.45, 7) is 2.18. The van der Waals surface area contributed by atoms with Gasteiger partial charge in [-0.2, -0.15) is 0 Å². The first-order valence-corrected chi connectivity index (χ1v) is 10.3. The Morgan fingerprint density at radius 3 is 2.33 bits per heavy atom. The van der Waals surface area contributed by atoms with Gasteiger partial charge in [-0.3, -0.25) is 24.3 Å². The van der Waals surface area contributed by atoms with E-state index >= 15 is 0 Å². The number of rotatable bonds is 4. The van der Waals surface area contributed by atoms with Crippen LogP contribution >= 0.6 is 0 Å². The molecule has 2 atom stereocenters. The van der Waals surface area contributed by atoms with E-state index < -0.39 is 17.7 Å². The van der Waals surface area contributed by atoms with Crippen molar-refractivity contribution in [2.45, 2.75) is 37.2 Å². The van der Waals surface area contributed by atoms with E-state index in [0.29, 0.717) is 32.6 Å². The normalized spacial score (nSPS) is 26.1. The predicted octanol–water partition coefficient (Wildman–Crippen LogP) is 1.38. The van der Waals surface area contributed by atoms with Gasteiger partial charge in [0, 0.05) is 26.2 Å². The van der Waals surface area contributed by atoms with Crippen molar-refractivity contribution in [3.63, 3.8) is 0 Å². The van der Waals surface area contributed by atoms with Crippen LogP contribution in [0.5, 0.6) is 0 Å². The molecule has 0 aromatic heterocycles. The Balaban J connectivity index is 1.38. The molecule has 0 aliphatic carbocycles. The Hall–Kier alpha value is -2.61. The minimum atomic E-state index is -0.787. The fraction of sp³-hybridized carbons (Fsp3) is 0.391. The van der Waals surface area contributed by atoms with Crippen molar-refractivity contribution in [1.29, 1.82) is 0 Å². The third-order valence-corrected chi connectivity index (χ3v) is 6.50. The van der Waals surface area contributed by atoms with Crippen LogP contribution in [0.15, 0.2) is 54.6 Å². The van der Waals surface area contributed by atoms with E-state index in [1.807, 2.05) is 35.2 Å². The highest BCUT2D eigenvalue weighted by Crippen LogP contribution is 2.41. The lowest BCUT2D eigenvalue weighted by molar-refractivity contribution is -0.181. The fourth-order valence-corrected chi connectivity index (χ4v) is 5.06. The molecule has 30 heavy (non-hydrogen) atoms. The molecule has 7 heteroatoms. The second kappa shape index (κ2) is 7.27. The van der Waals surface area contributed by atoms with Gasteiger partial charge in [0.15, 0.2) is 0 Å². The van der Waals surface area contributed by atoms with Crippen LogP contribution in [0.1, 0.15) is 17.5 Å². The number of piperazine rings is 1. The van der Waals surface area contributed by atoms with E-state index in [4.69, 9.17) is 0 Å². The molecule has 2 aromatic carbocycles. The van der Waals surface area contributed by atoms with E-state index in [1.165, 1.54) is 17.0 Å². The van der Waals surface area contributed by atoms with Crippen molar-refractivity contribution in [3.8, 4) is 0 Å². The lowest BCUT2D eigenvalue weighted by Gasteiger charge is -2.58. The molecule has 0 saturated carbocycles. The highest BCUT2D eigenvalue weighted by atomic mass is 19.1. The van der Waals surface area contributed by atoms with Gasteiger partial charge in [0.25, 0.3) is 5.91 Å². The van der Waals surface area contributed by atoms with Crippen molar-refractivity contribution < 1.29 is 19.1 Å². The number of hydrogen-bond acceptors (Lipinski definition) is 5. The number of aliphatic hydroxyl groups is 1. The van der Waals surface area contributed by atoms with Gasteiger partial charge in [0.05, 0.1) is 18.7 Å². The second-order valence-electron chi connectivity index (χ2n) is 8.58. The average molecular weight is 409 g/mol. The van der Waals surface area contributed by atoms with Gasteiger partial charge in [0.2, 0.25) is 5.91 Å². The van der Waals surface area contributed by atoms with Gasteiger partial charge in [-0.1, -0.05) is 42.5 Å². The number of benzene rings is 2. The largest absolute Gasteiger partial charge is 0.392 e. The quantitative estimate of drug-likeness (QED) is 0.774. The highest BCUT2D eigenvalue weighted by Gasteiger charge is 2.64. The highest BCUT2D eigenvalue weighted by molar-refractivity contribution is 6.06. The van der Waals surface area contributed by atoms with Crippen LogP contribution in [0.2, 0.25) is 0 Å². The first-order chi connectivity index (χ1) is 14.5. The smallest absolute Gasteiger partial charge is 0.252 e. The van der Waals surface area contributed by atoms with Crippen LogP contribution in [0.4, 0.5) is 4.39 Å². The third kappa shape index (κ3) is 3.14. The molecule has 2 amide bonds. The van der Waals surface area contributed by atoms with Gasteiger partial charge in [-0.05, 0) is 29.7 Å². The average Bonchev–Trinajstić information content (AvgIpc) is 3.11. The Labute approximate surface area is 174 Å². The van der Waals surface area contributed by atoms with Crippen molar-refractivity contribution >= 4 is 11.8 Å². The first-order valence-electron chi connectivity index (χ1n) is 10.3. The monoisotopic (exact) mass is 409 g/mol. The van der Waals surface area contributed by atoms with Crippen molar-refractivity contribution in [1.82, 2.24) is 14.7 Å². The zero-order valence-electron chi connectivity index (χ0n) is 16.6. The summed E-state index contributed by atoms with van der Waals surface area (Å²) in [7, 11) is 0. The number of aliphatic hydroxyl groups excluding tert-OH is 1. The summed E-state index contributed by atoms with van der Waals surface area (Å²) in [5, 5.41) is 10.2. The lowest BCUT2D eigenvalue weighted by Crippen LogP contribution is -2.81. The van der Waals surface area contributed by atoms with Gasteiger partial charge in [-0.15, -0.1) is 0 Å². The zero-order valence-corrected chi connectivity index (χ0v) is 16.6. The van der Waals surface area contributed by atoms with Gasteiger partial charge < -0.3 is 5.11 Å². The van der Waals surface area contributed by atoms with Crippen LogP contribution in [0, 0.1) is 5.82 Å².